The van der Waals surface area contributed by atoms with E-state index in [2.05, 4.69) is 20.8 Å². The van der Waals surface area contributed by atoms with Crippen molar-refractivity contribution in [2.45, 2.75) is 38.8 Å². The number of para-hydroxylation sites is 1. The van der Waals surface area contributed by atoms with Gasteiger partial charge in [0.1, 0.15) is 5.75 Å². The van der Waals surface area contributed by atoms with Gasteiger partial charge in [0.2, 0.25) is 0 Å². The topological polar surface area (TPSA) is 79.0 Å². The molecule has 6 heteroatoms. The predicted octanol–water partition coefficient (Wildman–Crippen LogP) is 2.69. The fraction of sp³-hybridized carbons (Fsp3) is 0.412. The molecule has 1 atom stereocenters. The smallest absolute Gasteiger partial charge is 0.315 e. The van der Waals surface area contributed by atoms with Crippen molar-refractivity contribution in [3.8, 4) is 5.75 Å². The Morgan fingerprint density at radius 1 is 1.43 bits per heavy atom. The van der Waals surface area contributed by atoms with E-state index in [-0.39, 0.29) is 12.1 Å². The summed E-state index contributed by atoms with van der Waals surface area (Å²) in [4.78, 5) is 12.2. The number of fused-ring (bicyclic) bond motifs is 1. The number of hydrogen-bond donors (Lipinski definition) is 3. The van der Waals surface area contributed by atoms with Gasteiger partial charge in [-0.15, -0.1) is 0 Å². The predicted molar refractivity (Wildman–Crippen MR) is 87.2 cm³/mol. The number of ether oxygens (including phenoxy) is 1. The third kappa shape index (κ3) is 3.83. The molecule has 0 bridgehead atoms. The van der Waals surface area contributed by atoms with E-state index >= 15 is 0 Å². The summed E-state index contributed by atoms with van der Waals surface area (Å²) < 4.78 is 5.72. The lowest BCUT2D eigenvalue weighted by atomic mass is 10.0. The van der Waals surface area contributed by atoms with Gasteiger partial charge in [-0.1, -0.05) is 25.1 Å². The first-order chi connectivity index (χ1) is 11.3. The maximum Gasteiger partial charge on any atom is 0.315 e. The number of rotatable bonds is 4. The van der Waals surface area contributed by atoms with Gasteiger partial charge in [-0.3, -0.25) is 5.10 Å². The number of urea groups is 1. The molecule has 1 aromatic carbocycles. The Hall–Kier alpha value is -2.50. The summed E-state index contributed by atoms with van der Waals surface area (Å²) in [5, 5.41) is 13.0. The van der Waals surface area contributed by atoms with Crippen LogP contribution in [0.1, 0.15) is 42.8 Å². The molecule has 1 unspecified atom stereocenters. The molecule has 3 rings (SSSR count). The number of amides is 2. The number of nitrogens with one attached hydrogen (secondary N) is 3. The number of hydrogen-bond acceptors (Lipinski definition) is 3. The second kappa shape index (κ2) is 7.17. The van der Waals surface area contributed by atoms with E-state index in [4.69, 9.17) is 4.74 Å². The summed E-state index contributed by atoms with van der Waals surface area (Å²) in [6.07, 6.45) is 2.66. The van der Waals surface area contributed by atoms with Crippen molar-refractivity contribution in [2.24, 2.45) is 0 Å². The Balaban J connectivity index is 1.59. The van der Waals surface area contributed by atoms with Crippen molar-refractivity contribution in [3.05, 3.63) is 47.3 Å². The summed E-state index contributed by atoms with van der Waals surface area (Å²) in [6.45, 7) is 3.17. The average Bonchev–Trinajstić information content (AvgIpc) is 2.95. The van der Waals surface area contributed by atoms with Crippen molar-refractivity contribution >= 4 is 6.03 Å². The van der Waals surface area contributed by atoms with Crippen LogP contribution in [0.5, 0.6) is 5.75 Å². The van der Waals surface area contributed by atoms with Crippen LogP contribution in [0.4, 0.5) is 4.79 Å². The Labute approximate surface area is 135 Å². The Morgan fingerprint density at radius 3 is 3.13 bits per heavy atom. The minimum Gasteiger partial charge on any atom is -0.493 e. The molecule has 6 nitrogen and oxygen atoms in total. The van der Waals surface area contributed by atoms with Crippen molar-refractivity contribution in [1.29, 1.82) is 0 Å². The minimum atomic E-state index is -0.181. The number of aryl methyl sites for hydroxylation is 1. The van der Waals surface area contributed by atoms with Crippen LogP contribution in [0.25, 0.3) is 0 Å². The Morgan fingerprint density at radius 2 is 2.30 bits per heavy atom. The fourth-order valence-corrected chi connectivity index (χ4v) is 2.74. The molecule has 0 saturated heterocycles. The number of nitrogens with zero attached hydrogens (tertiary/aromatic N) is 1. The monoisotopic (exact) mass is 314 g/mol. The van der Waals surface area contributed by atoms with Gasteiger partial charge >= 0.3 is 6.03 Å². The van der Waals surface area contributed by atoms with Gasteiger partial charge in [0.25, 0.3) is 0 Å². The van der Waals surface area contributed by atoms with Gasteiger partial charge in [-0.05, 0) is 31.4 Å². The maximum absolute atomic E-state index is 12.2. The van der Waals surface area contributed by atoms with Gasteiger partial charge in [-0.25, -0.2) is 4.79 Å². The molecule has 3 N–H and O–H groups in total. The average molecular weight is 314 g/mol. The second-order valence-electron chi connectivity index (χ2n) is 5.65. The van der Waals surface area contributed by atoms with Gasteiger partial charge in [-0.2, -0.15) is 5.10 Å². The normalized spacial score (nSPS) is 16.8. The molecule has 0 radical (unpaired) electrons. The molecule has 1 aromatic heterocycles. The zero-order chi connectivity index (χ0) is 16.1. The summed E-state index contributed by atoms with van der Waals surface area (Å²) in [5.74, 6) is 0.858. The first-order valence-corrected chi connectivity index (χ1v) is 8.05. The van der Waals surface area contributed by atoms with E-state index in [0.29, 0.717) is 13.2 Å². The van der Waals surface area contributed by atoms with Gasteiger partial charge in [0.05, 0.1) is 30.6 Å². The summed E-state index contributed by atoms with van der Waals surface area (Å²) >= 11 is 0. The number of benzene rings is 1. The number of aromatic amines is 1. The van der Waals surface area contributed by atoms with Crippen LogP contribution in [-0.2, 0) is 13.0 Å². The van der Waals surface area contributed by atoms with Crippen molar-refractivity contribution < 1.29 is 9.53 Å². The van der Waals surface area contributed by atoms with Crippen molar-refractivity contribution in [1.82, 2.24) is 20.8 Å². The molecule has 1 aliphatic heterocycles. The first-order valence-electron chi connectivity index (χ1n) is 8.05. The van der Waals surface area contributed by atoms with Crippen LogP contribution < -0.4 is 15.4 Å². The van der Waals surface area contributed by atoms with Gasteiger partial charge in [0, 0.05) is 5.56 Å². The SMILES string of the molecule is CCc1cc(CNC(=O)NC2CCCOc3ccccc32)[nH]n1. The second-order valence-corrected chi connectivity index (χ2v) is 5.65. The lowest BCUT2D eigenvalue weighted by Gasteiger charge is -2.18. The fourth-order valence-electron chi connectivity index (χ4n) is 2.74. The molecule has 2 heterocycles. The zero-order valence-electron chi connectivity index (χ0n) is 13.3. The highest BCUT2D eigenvalue weighted by Gasteiger charge is 2.20. The highest BCUT2D eigenvalue weighted by molar-refractivity contribution is 5.74. The number of H-pyrrole nitrogens is 1. The van der Waals surface area contributed by atoms with E-state index in [1.807, 2.05) is 37.3 Å². The van der Waals surface area contributed by atoms with Crippen LogP contribution in [0, 0.1) is 0 Å². The van der Waals surface area contributed by atoms with E-state index in [9.17, 15) is 4.79 Å². The summed E-state index contributed by atoms with van der Waals surface area (Å²) in [5.41, 5.74) is 2.94. The highest BCUT2D eigenvalue weighted by Crippen LogP contribution is 2.30. The van der Waals surface area contributed by atoms with Crippen LogP contribution in [0.15, 0.2) is 30.3 Å². The largest absolute Gasteiger partial charge is 0.493 e. The molecule has 122 valence electrons. The lowest BCUT2D eigenvalue weighted by molar-refractivity contribution is 0.235. The van der Waals surface area contributed by atoms with E-state index in [1.165, 1.54) is 0 Å². The van der Waals surface area contributed by atoms with Crippen LogP contribution in [0.2, 0.25) is 0 Å². The molecular formula is C17H22N4O2. The Bertz CT molecular complexity index is 668. The number of carbonyl (C=O) groups is 1. The maximum atomic E-state index is 12.2. The molecule has 1 aliphatic rings. The highest BCUT2D eigenvalue weighted by atomic mass is 16.5. The van der Waals surface area contributed by atoms with Gasteiger partial charge < -0.3 is 15.4 Å². The molecule has 0 spiro atoms. The van der Waals surface area contributed by atoms with Crippen LogP contribution in [0.3, 0.4) is 0 Å². The standard InChI is InChI=1S/C17H22N4O2/c1-2-12-10-13(21-20-12)11-18-17(22)19-15-7-5-9-23-16-8-4-3-6-14(15)16/h3-4,6,8,10,15H,2,5,7,9,11H2,1H3,(H,20,21)(H2,18,19,22). The first kappa shape index (κ1) is 15.4. The third-order valence-electron chi connectivity index (χ3n) is 3.98. The van der Waals surface area contributed by atoms with E-state index in [1.54, 1.807) is 0 Å². The minimum absolute atomic E-state index is 0.0262. The summed E-state index contributed by atoms with van der Waals surface area (Å²) in [7, 11) is 0. The van der Waals surface area contributed by atoms with Gasteiger partial charge in [0.15, 0.2) is 0 Å². The lowest BCUT2D eigenvalue weighted by Crippen LogP contribution is -2.37. The molecule has 2 aromatic rings. The van der Waals surface area contributed by atoms with Crippen LogP contribution >= 0.6 is 0 Å². The van der Waals surface area contributed by atoms with Crippen molar-refractivity contribution in [3.63, 3.8) is 0 Å². The quantitative estimate of drug-likeness (QED) is 0.812. The zero-order valence-corrected chi connectivity index (χ0v) is 13.3. The number of aromatic nitrogens is 2. The third-order valence-corrected chi connectivity index (χ3v) is 3.98. The Kier molecular flexibility index (Phi) is 4.80. The van der Waals surface area contributed by atoms with E-state index in [0.717, 1.165) is 42.0 Å². The molecule has 0 fully saturated rings. The van der Waals surface area contributed by atoms with E-state index < -0.39 is 0 Å². The molecular weight excluding hydrogens is 292 g/mol. The molecule has 0 aliphatic carbocycles. The van der Waals surface area contributed by atoms with Crippen LogP contribution in [-0.4, -0.2) is 22.8 Å². The van der Waals surface area contributed by atoms with Crippen molar-refractivity contribution in [2.75, 3.05) is 6.61 Å². The molecule has 0 saturated carbocycles. The summed E-state index contributed by atoms with van der Waals surface area (Å²) in [6, 6.07) is 9.63. The number of carbonyl (C=O) groups excluding carboxylic acids is 1. The molecule has 23 heavy (non-hydrogen) atoms. The molecule has 2 amide bonds.